The van der Waals surface area contributed by atoms with Gasteiger partial charge in [0.1, 0.15) is 11.5 Å². The van der Waals surface area contributed by atoms with E-state index in [4.69, 9.17) is 0 Å². The third-order valence-corrected chi connectivity index (χ3v) is 5.24. The van der Waals surface area contributed by atoms with Crippen LogP contribution in [0.5, 0.6) is 0 Å². The minimum Gasteiger partial charge on any atom is -0.356 e. The van der Waals surface area contributed by atoms with Gasteiger partial charge in [-0.25, -0.2) is 4.98 Å². The molecule has 0 aromatic carbocycles. The second-order valence-corrected chi connectivity index (χ2v) is 7.05. The highest BCUT2D eigenvalue weighted by molar-refractivity contribution is 6.01. The van der Waals surface area contributed by atoms with E-state index >= 15 is 0 Å². The van der Waals surface area contributed by atoms with Crippen LogP contribution < -0.4 is 4.90 Å². The number of hydrogen-bond acceptors (Lipinski definition) is 6. The Balaban J connectivity index is 1.30. The molecule has 0 radical (unpaired) electrons. The lowest BCUT2D eigenvalue weighted by atomic mass is 10.2. The van der Waals surface area contributed by atoms with E-state index in [9.17, 15) is 9.59 Å². The number of H-pyrrole nitrogens is 1. The molecule has 0 aliphatic carbocycles. The van der Waals surface area contributed by atoms with E-state index in [2.05, 4.69) is 24.8 Å². The van der Waals surface area contributed by atoms with E-state index in [1.165, 1.54) is 0 Å². The summed E-state index contributed by atoms with van der Waals surface area (Å²) < 4.78 is 0. The van der Waals surface area contributed by atoms with Crippen molar-refractivity contribution >= 4 is 17.5 Å². The van der Waals surface area contributed by atoms with E-state index in [1.54, 1.807) is 30.9 Å². The SMILES string of the molecule is O=C(CN1CCN(c2cnccn2)CC1)c1c[nH]c(C(=O)N2CCCC2)c1. The van der Waals surface area contributed by atoms with Crippen molar-refractivity contribution in [2.24, 2.45) is 0 Å². The molecule has 4 heterocycles. The summed E-state index contributed by atoms with van der Waals surface area (Å²) >= 11 is 0. The van der Waals surface area contributed by atoms with Crippen LogP contribution in [0, 0.1) is 0 Å². The maximum absolute atomic E-state index is 12.6. The van der Waals surface area contributed by atoms with Gasteiger partial charge >= 0.3 is 0 Å². The monoisotopic (exact) mass is 368 g/mol. The molecular weight excluding hydrogens is 344 g/mol. The van der Waals surface area contributed by atoms with Crippen molar-refractivity contribution in [3.63, 3.8) is 0 Å². The standard InChI is InChI=1S/C19H24N6O2/c26-17(15-11-16(22-12-15)19(27)25-5-1-2-6-25)14-23-7-9-24(10-8-23)18-13-20-3-4-21-18/h3-4,11-13,22H,1-2,5-10,14H2. The Morgan fingerprint density at radius 1 is 1.04 bits per heavy atom. The minimum atomic E-state index is -0.0101. The van der Waals surface area contributed by atoms with Crippen LogP contribution in [0.15, 0.2) is 30.9 Å². The summed E-state index contributed by atoms with van der Waals surface area (Å²) in [5.74, 6) is 0.906. The maximum Gasteiger partial charge on any atom is 0.270 e. The number of aromatic amines is 1. The third-order valence-electron chi connectivity index (χ3n) is 5.24. The smallest absolute Gasteiger partial charge is 0.270 e. The number of aromatic nitrogens is 3. The molecule has 8 nitrogen and oxygen atoms in total. The number of Topliss-reactive ketones (excluding diaryl/α,β-unsaturated/α-hetero) is 1. The molecule has 4 rings (SSSR count). The van der Waals surface area contributed by atoms with Gasteiger partial charge in [-0.15, -0.1) is 0 Å². The van der Waals surface area contributed by atoms with E-state index < -0.39 is 0 Å². The zero-order valence-electron chi connectivity index (χ0n) is 15.3. The van der Waals surface area contributed by atoms with E-state index in [1.807, 2.05) is 4.90 Å². The molecule has 2 aromatic rings. The largest absolute Gasteiger partial charge is 0.356 e. The van der Waals surface area contributed by atoms with Gasteiger partial charge in [0.05, 0.1) is 12.7 Å². The Labute approximate surface area is 158 Å². The molecule has 2 aliphatic rings. The molecule has 1 N–H and O–H groups in total. The van der Waals surface area contributed by atoms with Gasteiger partial charge in [0.2, 0.25) is 0 Å². The second-order valence-electron chi connectivity index (χ2n) is 7.05. The van der Waals surface area contributed by atoms with E-state index in [0.717, 1.165) is 57.9 Å². The van der Waals surface area contributed by atoms with Gasteiger partial charge in [-0.2, -0.15) is 0 Å². The Kier molecular flexibility index (Phi) is 5.15. The summed E-state index contributed by atoms with van der Waals surface area (Å²) in [5, 5.41) is 0. The highest BCUT2D eigenvalue weighted by Crippen LogP contribution is 2.15. The average molecular weight is 368 g/mol. The van der Waals surface area contributed by atoms with Gasteiger partial charge < -0.3 is 14.8 Å². The number of amides is 1. The fraction of sp³-hybridized carbons (Fsp3) is 0.474. The van der Waals surface area contributed by atoms with Crippen molar-refractivity contribution in [3.8, 4) is 0 Å². The molecule has 2 aliphatic heterocycles. The predicted molar refractivity (Wildman–Crippen MR) is 101 cm³/mol. The summed E-state index contributed by atoms with van der Waals surface area (Å²) in [4.78, 5) is 42.6. The topological polar surface area (TPSA) is 85.4 Å². The molecular formula is C19H24N6O2. The number of rotatable bonds is 5. The van der Waals surface area contributed by atoms with Gasteiger partial charge in [0.15, 0.2) is 5.78 Å². The number of carbonyl (C=O) groups excluding carboxylic acids is 2. The van der Waals surface area contributed by atoms with Gasteiger partial charge in [-0.1, -0.05) is 0 Å². The Morgan fingerprint density at radius 3 is 2.52 bits per heavy atom. The molecule has 0 atom stereocenters. The summed E-state index contributed by atoms with van der Waals surface area (Å²) in [6.07, 6.45) is 8.88. The van der Waals surface area contributed by atoms with Crippen LogP contribution in [0.3, 0.4) is 0 Å². The van der Waals surface area contributed by atoms with Crippen molar-refractivity contribution in [3.05, 3.63) is 42.1 Å². The summed E-state index contributed by atoms with van der Waals surface area (Å²) in [7, 11) is 0. The van der Waals surface area contributed by atoms with Crippen LogP contribution in [-0.2, 0) is 0 Å². The van der Waals surface area contributed by atoms with Gasteiger partial charge in [0, 0.05) is 63.4 Å². The lowest BCUT2D eigenvalue weighted by Crippen LogP contribution is -2.48. The third kappa shape index (κ3) is 4.00. The Bertz CT molecular complexity index is 792. The number of anilines is 1. The molecule has 1 amide bonds. The highest BCUT2D eigenvalue weighted by Gasteiger charge is 2.24. The first-order chi connectivity index (χ1) is 13.2. The summed E-state index contributed by atoms with van der Waals surface area (Å²) in [6.45, 7) is 5.20. The lowest BCUT2D eigenvalue weighted by Gasteiger charge is -2.34. The molecule has 142 valence electrons. The number of likely N-dealkylation sites (tertiary alicyclic amines) is 1. The van der Waals surface area contributed by atoms with Crippen molar-refractivity contribution < 1.29 is 9.59 Å². The molecule has 0 unspecified atom stereocenters. The Hall–Kier alpha value is -2.74. The normalized spacial score (nSPS) is 18.1. The molecule has 2 saturated heterocycles. The quantitative estimate of drug-likeness (QED) is 0.794. The fourth-order valence-electron chi connectivity index (χ4n) is 3.65. The van der Waals surface area contributed by atoms with E-state index in [-0.39, 0.29) is 11.7 Å². The molecule has 2 aromatic heterocycles. The van der Waals surface area contributed by atoms with Crippen LogP contribution in [0.4, 0.5) is 5.82 Å². The Morgan fingerprint density at radius 2 is 1.81 bits per heavy atom. The number of ketones is 1. The van der Waals surface area contributed by atoms with Gasteiger partial charge in [0.25, 0.3) is 5.91 Å². The second kappa shape index (κ2) is 7.87. The van der Waals surface area contributed by atoms with Crippen LogP contribution in [0.1, 0.15) is 33.7 Å². The zero-order valence-corrected chi connectivity index (χ0v) is 15.3. The van der Waals surface area contributed by atoms with Crippen LogP contribution >= 0.6 is 0 Å². The number of nitrogens with zero attached hydrogens (tertiary/aromatic N) is 5. The fourth-order valence-corrected chi connectivity index (χ4v) is 3.65. The first-order valence-corrected chi connectivity index (χ1v) is 9.45. The first-order valence-electron chi connectivity index (χ1n) is 9.45. The average Bonchev–Trinajstić information content (AvgIpc) is 3.41. The van der Waals surface area contributed by atoms with Crippen molar-refractivity contribution in [1.29, 1.82) is 0 Å². The predicted octanol–water partition coefficient (Wildman–Crippen LogP) is 1.05. The molecule has 27 heavy (non-hydrogen) atoms. The molecule has 8 heteroatoms. The summed E-state index contributed by atoms with van der Waals surface area (Å²) in [6, 6.07) is 1.69. The van der Waals surface area contributed by atoms with Crippen LogP contribution in [0.2, 0.25) is 0 Å². The first kappa shape index (κ1) is 17.7. The molecule has 0 saturated carbocycles. The summed E-state index contributed by atoms with van der Waals surface area (Å²) in [5.41, 5.74) is 1.08. The van der Waals surface area contributed by atoms with Crippen molar-refractivity contribution in [2.75, 3.05) is 50.7 Å². The van der Waals surface area contributed by atoms with Crippen molar-refractivity contribution in [2.45, 2.75) is 12.8 Å². The van der Waals surface area contributed by atoms with E-state index in [0.29, 0.717) is 17.8 Å². The molecule has 0 spiro atoms. The molecule has 0 bridgehead atoms. The van der Waals surface area contributed by atoms with Crippen LogP contribution in [0.25, 0.3) is 0 Å². The van der Waals surface area contributed by atoms with Gasteiger partial charge in [-0.05, 0) is 18.9 Å². The number of nitrogens with one attached hydrogen (secondary N) is 1. The number of piperazine rings is 1. The lowest BCUT2D eigenvalue weighted by molar-refractivity contribution is 0.0787. The molecule has 2 fully saturated rings. The maximum atomic E-state index is 12.6. The number of hydrogen-bond donors (Lipinski definition) is 1. The van der Waals surface area contributed by atoms with Crippen molar-refractivity contribution in [1.82, 2.24) is 24.8 Å². The number of carbonyl (C=O) groups is 2. The van der Waals surface area contributed by atoms with Crippen LogP contribution in [-0.4, -0.2) is 82.3 Å². The highest BCUT2D eigenvalue weighted by atomic mass is 16.2. The zero-order chi connectivity index (χ0) is 18.6. The minimum absolute atomic E-state index is 0.0101. The van der Waals surface area contributed by atoms with Gasteiger partial charge in [-0.3, -0.25) is 19.5 Å².